The van der Waals surface area contributed by atoms with E-state index in [4.69, 9.17) is 21.1 Å². The number of nitrogens with one attached hydrogen (secondary N) is 1. The minimum atomic E-state index is 0.0580. The van der Waals surface area contributed by atoms with Crippen molar-refractivity contribution in [2.24, 2.45) is 5.10 Å². The van der Waals surface area contributed by atoms with E-state index in [2.05, 4.69) is 26.5 Å². The van der Waals surface area contributed by atoms with Crippen molar-refractivity contribution in [2.75, 3.05) is 12.5 Å². The molecule has 0 aliphatic carbocycles. The van der Waals surface area contributed by atoms with Gasteiger partial charge in [0.15, 0.2) is 11.5 Å². The molecule has 0 fully saturated rings. The van der Waals surface area contributed by atoms with Crippen molar-refractivity contribution in [3.63, 3.8) is 0 Å². The molecule has 0 radical (unpaired) electrons. The molecule has 0 amide bonds. The van der Waals surface area contributed by atoms with Crippen molar-refractivity contribution in [1.29, 1.82) is 0 Å². The minimum absolute atomic E-state index is 0.0580. The van der Waals surface area contributed by atoms with Crippen LogP contribution in [0.1, 0.15) is 25.0 Å². The number of ether oxygens (including phenoxy) is 2. The highest BCUT2D eigenvalue weighted by Crippen LogP contribution is 2.37. The van der Waals surface area contributed by atoms with Crippen LogP contribution in [-0.2, 0) is 0 Å². The van der Waals surface area contributed by atoms with Crippen LogP contribution in [0.15, 0.2) is 39.9 Å². The molecule has 0 unspecified atom stereocenters. The van der Waals surface area contributed by atoms with Crippen LogP contribution in [0.25, 0.3) is 0 Å². The molecule has 0 aliphatic heterocycles. The molecule has 1 N–H and O–H groups in total. The fraction of sp³-hybridized carbons (Fsp3) is 0.278. The first-order valence-electron chi connectivity index (χ1n) is 7.50. The quantitative estimate of drug-likeness (QED) is 0.493. The lowest BCUT2D eigenvalue weighted by atomic mass is 10.2. The Hall–Kier alpha value is -1.72. The Bertz CT molecular complexity index is 748. The van der Waals surface area contributed by atoms with Gasteiger partial charge >= 0.3 is 0 Å². The lowest BCUT2D eigenvalue weighted by Gasteiger charge is -2.15. The zero-order valence-electron chi connectivity index (χ0n) is 14.1. The summed E-state index contributed by atoms with van der Waals surface area (Å²) in [7, 11) is 1.61. The maximum atomic E-state index is 6.10. The molecule has 2 rings (SSSR count). The Kier molecular flexibility index (Phi) is 6.52. The lowest BCUT2D eigenvalue weighted by Crippen LogP contribution is -2.07. The number of hydrogen-bond donors (Lipinski definition) is 1. The number of benzene rings is 2. The molecule has 0 saturated heterocycles. The van der Waals surface area contributed by atoms with E-state index < -0.39 is 0 Å². The zero-order chi connectivity index (χ0) is 17.7. The fourth-order valence-corrected chi connectivity index (χ4v) is 2.74. The molecule has 2 aromatic rings. The predicted molar refractivity (Wildman–Crippen MR) is 104 cm³/mol. The molecule has 0 saturated carbocycles. The summed E-state index contributed by atoms with van der Waals surface area (Å²) in [6, 6.07) is 9.50. The Balaban J connectivity index is 2.17. The molecule has 0 spiro atoms. The molecule has 24 heavy (non-hydrogen) atoms. The number of aryl methyl sites for hydroxylation is 1. The van der Waals surface area contributed by atoms with Gasteiger partial charge in [0.05, 0.1) is 29.6 Å². The highest BCUT2D eigenvalue weighted by Gasteiger charge is 2.12. The van der Waals surface area contributed by atoms with Crippen molar-refractivity contribution in [3.05, 3.63) is 51.0 Å². The van der Waals surface area contributed by atoms with Gasteiger partial charge in [0.2, 0.25) is 0 Å². The van der Waals surface area contributed by atoms with E-state index in [0.717, 1.165) is 21.3 Å². The van der Waals surface area contributed by atoms with Crippen molar-refractivity contribution in [1.82, 2.24) is 0 Å². The molecular formula is C18H20BrClN2O2. The van der Waals surface area contributed by atoms with E-state index in [1.54, 1.807) is 13.3 Å². The van der Waals surface area contributed by atoms with Crippen molar-refractivity contribution in [2.45, 2.75) is 26.9 Å². The summed E-state index contributed by atoms with van der Waals surface area (Å²) in [4.78, 5) is 0. The van der Waals surface area contributed by atoms with E-state index >= 15 is 0 Å². The molecule has 6 heteroatoms. The average molecular weight is 412 g/mol. The van der Waals surface area contributed by atoms with Gasteiger partial charge in [-0.3, -0.25) is 5.43 Å². The van der Waals surface area contributed by atoms with Gasteiger partial charge in [-0.15, -0.1) is 0 Å². The minimum Gasteiger partial charge on any atom is -0.493 e. The summed E-state index contributed by atoms with van der Waals surface area (Å²) in [6.07, 6.45) is 1.77. The molecule has 0 heterocycles. The van der Waals surface area contributed by atoms with Crippen molar-refractivity contribution in [3.8, 4) is 11.5 Å². The summed E-state index contributed by atoms with van der Waals surface area (Å²) in [6.45, 7) is 5.90. The Morgan fingerprint density at radius 3 is 2.62 bits per heavy atom. The Labute approximate surface area is 155 Å². The average Bonchev–Trinajstić information content (AvgIpc) is 2.52. The summed E-state index contributed by atoms with van der Waals surface area (Å²) in [5.41, 5.74) is 5.69. The van der Waals surface area contributed by atoms with Crippen LogP contribution >= 0.6 is 27.5 Å². The summed E-state index contributed by atoms with van der Waals surface area (Å²) in [5.74, 6) is 1.33. The second kappa shape index (κ2) is 8.40. The van der Waals surface area contributed by atoms with Gasteiger partial charge in [-0.05, 0) is 72.1 Å². The number of methoxy groups -OCH3 is 1. The number of hydrogen-bond acceptors (Lipinski definition) is 4. The molecule has 128 valence electrons. The number of halogens is 2. The molecule has 0 bridgehead atoms. The largest absolute Gasteiger partial charge is 0.493 e. The topological polar surface area (TPSA) is 42.8 Å². The highest BCUT2D eigenvalue weighted by molar-refractivity contribution is 9.10. The molecule has 0 aromatic heterocycles. The standard InChI is InChI=1S/C18H20BrClN2O2/c1-11(2)24-18-15(19)7-13(8-17(18)23-4)10-21-22-14-6-5-12(3)16(20)9-14/h5-11,22H,1-4H3/b21-10+. The van der Waals surface area contributed by atoms with Crippen molar-refractivity contribution < 1.29 is 9.47 Å². The Morgan fingerprint density at radius 1 is 1.25 bits per heavy atom. The van der Waals surface area contributed by atoms with Gasteiger partial charge in [0, 0.05) is 5.02 Å². The molecule has 0 atom stereocenters. The van der Waals surface area contributed by atoms with Gasteiger partial charge in [0.25, 0.3) is 0 Å². The van der Waals surface area contributed by atoms with Crippen LogP contribution in [0.2, 0.25) is 5.02 Å². The summed E-state index contributed by atoms with van der Waals surface area (Å²) in [5, 5.41) is 4.94. The molecule has 4 nitrogen and oxygen atoms in total. The monoisotopic (exact) mass is 410 g/mol. The SMILES string of the molecule is COc1cc(/C=N/Nc2ccc(C)c(Cl)c2)cc(Br)c1OC(C)C. The number of nitrogens with zero attached hydrogens (tertiary/aromatic N) is 1. The second-order valence-electron chi connectivity index (χ2n) is 5.53. The van der Waals surface area contributed by atoms with Crippen LogP contribution in [0.4, 0.5) is 5.69 Å². The van der Waals surface area contributed by atoms with Crippen LogP contribution in [-0.4, -0.2) is 19.4 Å². The number of rotatable bonds is 6. The smallest absolute Gasteiger partial charge is 0.175 e. The maximum absolute atomic E-state index is 6.10. The second-order valence-corrected chi connectivity index (χ2v) is 6.80. The lowest BCUT2D eigenvalue weighted by molar-refractivity contribution is 0.228. The third-order valence-electron chi connectivity index (χ3n) is 3.18. The number of hydrazone groups is 1. The Morgan fingerprint density at radius 2 is 2.00 bits per heavy atom. The third kappa shape index (κ3) is 4.89. The van der Waals surface area contributed by atoms with E-state index in [1.807, 2.05) is 51.1 Å². The van der Waals surface area contributed by atoms with E-state index in [1.165, 1.54) is 0 Å². The van der Waals surface area contributed by atoms with E-state index in [-0.39, 0.29) is 6.10 Å². The number of anilines is 1. The molecular weight excluding hydrogens is 392 g/mol. The maximum Gasteiger partial charge on any atom is 0.175 e. The fourth-order valence-electron chi connectivity index (χ4n) is 2.01. The van der Waals surface area contributed by atoms with E-state index in [0.29, 0.717) is 16.5 Å². The van der Waals surface area contributed by atoms with Gasteiger partial charge in [-0.2, -0.15) is 5.10 Å². The zero-order valence-corrected chi connectivity index (χ0v) is 16.4. The first-order chi connectivity index (χ1) is 11.4. The van der Waals surface area contributed by atoms with Crippen molar-refractivity contribution >= 4 is 39.4 Å². The van der Waals surface area contributed by atoms with Crippen LogP contribution in [0, 0.1) is 6.92 Å². The van der Waals surface area contributed by atoms with Gasteiger partial charge in [-0.25, -0.2) is 0 Å². The van der Waals surface area contributed by atoms with Gasteiger partial charge in [0.1, 0.15) is 0 Å². The predicted octanol–water partition coefficient (Wildman–Crippen LogP) is 5.65. The third-order valence-corrected chi connectivity index (χ3v) is 4.18. The first kappa shape index (κ1) is 18.6. The van der Waals surface area contributed by atoms with Crippen LogP contribution in [0.5, 0.6) is 11.5 Å². The molecule has 0 aliphatic rings. The van der Waals surface area contributed by atoms with Gasteiger partial charge < -0.3 is 9.47 Å². The first-order valence-corrected chi connectivity index (χ1v) is 8.67. The van der Waals surface area contributed by atoms with Crippen LogP contribution < -0.4 is 14.9 Å². The van der Waals surface area contributed by atoms with E-state index in [9.17, 15) is 0 Å². The van der Waals surface area contributed by atoms with Gasteiger partial charge in [-0.1, -0.05) is 17.7 Å². The summed E-state index contributed by atoms with van der Waals surface area (Å²) >= 11 is 9.62. The normalized spacial score (nSPS) is 11.1. The molecule has 2 aromatic carbocycles. The summed E-state index contributed by atoms with van der Waals surface area (Å²) < 4.78 is 12.0. The van der Waals surface area contributed by atoms with Crippen LogP contribution in [0.3, 0.4) is 0 Å². The highest BCUT2D eigenvalue weighted by atomic mass is 79.9.